The smallest absolute Gasteiger partial charge is 0.0108 e. The highest BCUT2D eigenvalue weighted by molar-refractivity contribution is 5.35. The SMILES string of the molecule is Cc1cccc(C(C)CN2CCNCC2)c1C. The average Bonchev–Trinajstić information content (AvgIpc) is 2.34. The van der Waals surface area contributed by atoms with Gasteiger partial charge in [0.1, 0.15) is 0 Å². The Kier molecular flexibility index (Phi) is 4.19. The zero-order chi connectivity index (χ0) is 12.3. The van der Waals surface area contributed by atoms with Crippen molar-refractivity contribution < 1.29 is 0 Å². The van der Waals surface area contributed by atoms with Crippen LogP contribution >= 0.6 is 0 Å². The summed E-state index contributed by atoms with van der Waals surface area (Å²) in [7, 11) is 0. The lowest BCUT2D eigenvalue weighted by atomic mass is 9.93. The van der Waals surface area contributed by atoms with Crippen LogP contribution in [0.25, 0.3) is 0 Å². The highest BCUT2D eigenvalue weighted by atomic mass is 15.2. The molecule has 0 amide bonds. The van der Waals surface area contributed by atoms with Gasteiger partial charge in [-0.1, -0.05) is 25.1 Å². The quantitative estimate of drug-likeness (QED) is 0.860. The first-order chi connectivity index (χ1) is 8.18. The second-order valence-electron chi connectivity index (χ2n) is 5.24. The first-order valence-corrected chi connectivity index (χ1v) is 6.67. The third kappa shape index (κ3) is 3.08. The second-order valence-corrected chi connectivity index (χ2v) is 5.24. The van der Waals surface area contributed by atoms with Gasteiger partial charge in [-0.25, -0.2) is 0 Å². The molecule has 0 aromatic heterocycles. The van der Waals surface area contributed by atoms with Crippen molar-refractivity contribution in [1.82, 2.24) is 10.2 Å². The molecule has 1 aliphatic heterocycles. The van der Waals surface area contributed by atoms with Gasteiger partial charge in [0.15, 0.2) is 0 Å². The Balaban J connectivity index is 2.03. The molecule has 0 bridgehead atoms. The highest BCUT2D eigenvalue weighted by Gasteiger charge is 2.15. The van der Waals surface area contributed by atoms with Gasteiger partial charge in [0.25, 0.3) is 0 Å². The van der Waals surface area contributed by atoms with E-state index in [-0.39, 0.29) is 0 Å². The van der Waals surface area contributed by atoms with Gasteiger partial charge >= 0.3 is 0 Å². The first kappa shape index (κ1) is 12.6. The second kappa shape index (κ2) is 5.65. The summed E-state index contributed by atoms with van der Waals surface area (Å²) in [5, 5.41) is 3.41. The van der Waals surface area contributed by atoms with Crippen LogP contribution in [0.5, 0.6) is 0 Å². The Morgan fingerprint density at radius 3 is 2.65 bits per heavy atom. The molecular weight excluding hydrogens is 208 g/mol. The standard InChI is InChI=1S/C15H24N2/c1-12-5-4-6-15(14(12)3)13(2)11-17-9-7-16-8-10-17/h4-6,13,16H,7-11H2,1-3H3. The number of hydrogen-bond donors (Lipinski definition) is 1. The van der Waals surface area contributed by atoms with E-state index in [1.165, 1.54) is 36.3 Å². The minimum atomic E-state index is 0.632. The Bertz CT molecular complexity index is 367. The van der Waals surface area contributed by atoms with E-state index in [4.69, 9.17) is 0 Å². The Hall–Kier alpha value is -0.860. The maximum Gasteiger partial charge on any atom is 0.0108 e. The van der Waals surface area contributed by atoms with E-state index in [2.05, 4.69) is 49.2 Å². The average molecular weight is 232 g/mol. The predicted octanol–water partition coefficient (Wildman–Crippen LogP) is 2.31. The molecule has 94 valence electrons. The first-order valence-electron chi connectivity index (χ1n) is 6.67. The molecule has 0 spiro atoms. The van der Waals surface area contributed by atoms with Gasteiger partial charge < -0.3 is 10.2 Å². The summed E-state index contributed by atoms with van der Waals surface area (Å²) in [6.07, 6.45) is 0. The van der Waals surface area contributed by atoms with Crippen LogP contribution in [0.2, 0.25) is 0 Å². The minimum absolute atomic E-state index is 0.632. The van der Waals surface area contributed by atoms with Crippen LogP contribution in [0.4, 0.5) is 0 Å². The maximum absolute atomic E-state index is 3.41. The van der Waals surface area contributed by atoms with Crippen molar-refractivity contribution in [2.75, 3.05) is 32.7 Å². The van der Waals surface area contributed by atoms with Crippen molar-refractivity contribution in [2.24, 2.45) is 0 Å². The number of nitrogens with one attached hydrogen (secondary N) is 1. The lowest BCUT2D eigenvalue weighted by Crippen LogP contribution is -2.44. The summed E-state index contributed by atoms with van der Waals surface area (Å²) in [4.78, 5) is 2.57. The lowest BCUT2D eigenvalue weighted by molar-refractivity contribution is 0.230. The van der Waals surface area contributed by atoms with E-state index in [0.29, 0.717) is 5.92 Å². The molecule has 17 heavy (non-hydrogen) atoms. The fourth-order valence-corrected chi connectivity index (χ4v) is 2.69. The van der Waals surface area contributed by atoms with Gasteiger partial charge in [0.2, 0.25) is 0 Å². The van der Waals surface area contributed by atoms with Gasteiger partial charge in [-0.15, -0.1) is 0 Å². The number of nitrogens with zero attached hydrogens (tertiary/aromatic N) is 1. The third-order valence-electron chi connectivity index (χ3n) is 3.92. The molecule has 1 unspecified atom stereocenters. The number of piperazine rings is 1. The predicted molar refractivity (Wildman–Crippen MR) is 73.6 cm³/mol. The van der Waals surface area contributed by atoms with Crippen molar-refractivity contribution in [3.05, 3.63) is 34.9 Å². The normalized spacial score (nSPS) is 19.2. The van der Waals surface area contributed by atoms with Crippen LogP contribution in [0.15, 0.2) is 18.2 Å². The molecule has 1 fully saturated rings. The molecule has 1 heterocycles. The summed E-state index contributed by atoms with van der Waals surface area (Å²) in [5.41, 5.74) is 4.40. The molecule has 1 N–H and O–H groups in total. The van der Waals surface area contributed by atoms with E-state index in [0.717, 1.165) is 13.1 Å². The van der Waals surface area contributed by atoms with Gasteiger partial charge in [0, 0.05) is 32.7 Å². The molecule has 0 aliphatic carbocycles. The van der Waals surface area contributed by atoms with Crippen LogP contribution in [-0.4, -0.2) is 37.6 Å². The third-order valence-corrected chi connectivity index (χ3v) is 3.92. The monoisotopic (exact) mass is 232 g/mol. The lowest BCUT2D eigenvalue weighted by Gasteiger charge is -2.30. The fourth-order valence-electron chi connectivity index (χ4n) is 2.69. The van der Waals surface area contributed by atoms with Crippen molar-refractivity contribution in [3.8, 4) is 0 Å². The van der Waals surface area contributed by atoms with E-state index in [1.54, 1.807) is 0 Å². The Morgan fingerprint density at radius 1 is 1.24 bits per heavy atom. The largest absolute Gasteiger partial charge is 0.314 e. The molecule has 0 radical (unpaired) electrons. The Labute approximate surface area is 105 Å². The molecule has 1 aromatic carbocycles. The van der Waals surface area contributed by atoms with Crippen molar-refractivity contribution in [3.63, 3.8) is 0 Å². The topological polar surface area (TPSA) is 15.3 Å². The number of rotatable bonds is 3. The van der Waals surface area contributed by atoms with Crippen molar-refractivity contribution in [2.45, 2.75) is 26.7 Å². The summed E-state index contributed by atoms with van der Waals surface area (Å²) < 4.78 is 0. The van der Waals surface area contributed by atoms with Gasteiger partial charge in [-0.3, -0.25) is 0 Å². The zero-order valence-corrected chi connectivity index (χ0v) is 11.3. The zero-order valence-electron chi connectivity index (χ0n) is 11.3. The van der Waals surface area contributed by atoms with Crippen molar-refractivity contribution >= 4 is 0 Å². The molecular formula is C15H24N2. The number of benzene rings is 1. The van der Waals surface area contributed by atoms with E-state index in [1.807, 2.05) is 0 Å². The molecule has 2 rings (SSSR count). The minimum Gasteiger partial charge on any atom is -0.314 e. The van der Waals surface area contributed by atoms with Crippen LogP contribution < -0.4 is 5.32 Å². The Morgan fingerprint density at radius 2 is 1.94 bits per heavy atom. The van der Waals surface area contributed by atoms with Gasteiger partial charge in [0.05, 0.1) is 0 Å². The van der Waals surface area contributed by atoms with E-state index in [9.17, 15) is 0 Å². The van der Waals surface area contributed by atoms with Crippen LogP contribution in [0.3, 0.4) is 0 Å². The summed E-state index contributed by atoms with van der Waals surface area (Å²) in [5.74, 6) is 0.632. The summed E-state index contributed by atoms with van der Waals surface area (Å²) >= 11 is 0. The van der Waals surface area contributed by atoms with Crippen LogP contribution in [0.1, 0.15) is 29.5 Å². The fraction of sp³-hybridized carbons (Fsp3) is 0.600. The molecule has 1 aromatic rings. The highest BCUT2D eigenvalue weighted by Crippen LogP contribution is 2.22. The molecule has 1 saturated heterocycles. The van der Waals surface area contributed by atoms with Crippen LogP contribution in [0, 0.1) is 13.8 Å². The summed E-state index contributed by atoms with van der Waals surface area (Å²) in [6.45, 7) is 12.6. The maximum atomic E-state index is 3.41. The van der Waals surface area contributed by atoms with Gasteiger partial charge in [-0.2, -0.15) is 0 Å². The van der Waals surface area contributed by atoms with Gasteiger partial charge in [-0.05, 0) is 36.5 Å². The number of hydrogen-bond acceptors (Lipinski definition) is 2. The summed E-state index contributed by atoms with van der Waals surface area (Å²) in [6, 6.07) is 6.68. The van der Waals surface area contributed by atoms with Crippen molar-refractivity contribution in [1.29, 1.82) is 0 Å². The molecule has 2 nitrogen and oxygen atoms in total. The van der Waals surface area contributed by atoms with E-state index >= 15 is 0 Å². The molecule has 1 aliphatic rings. The molecule has 0 saturated carbocycles. The molecule has 1 atom stereocenters. The van der Waals surface area contributed by atoms with E-state index < -0.39 is 0 Å². The molecule has 2 heteroatoms. The van der Waals surface area contributed by atoms with Crippen LogP contribution in [-0.2, 0) is 0 Å². The number of aryl methyl sites for hydroxylation is 1.